The molecule has 8 heteroatoms. The first-order chi connectivity index (χ1) is 8.38. The van der Waals surface area contributed by atoms with E-state index in [1.54, 1.807) is 6.92 Å². The summed E-state index contributed by atoms with van der Waals surface area (Å²) in [5.41, 5.74) is 4.94. The molecule has 0 saturated carbocycles. The van der Waals surface area contributed by atoms with Crippen LogP contribution in [0.15, 0.2) is 18.3 Å². The Morgan fingerprint density at radius 3 is 2.67 bits per heavy atom. The predicted octanol–water partition coefficient (Wildman–Crippen LogP) is 2.64. The van der Waals surface area contributed by atoms with Crippen LogP contribution in [-0.2, 0) is 6.18 Å². The van der Waals surface area contributed by atoms with E-state index in [4.69, 9.17) is 5.73 Å². The first kappa shape index (κ1) is 12.9. The van der Waals surface area contributed by atoms with Gasteiger partial charge in [-0.3, -0.25) is 4.98 Å². The maximum absolute atomic E-state index is 12.5. The molecule has 0 aliphatic carbocycles. The Labute approximate surface area is 105 Å². The zero-order chi connectivity index (χ0) is 13.3. The number of aromatic nitrogens is 3. The minimum absolute atomic E-state index is 0.236. The van der Waals surface area contributed by atoms with E-state index in [-0.39, 0.29) is 17.4 Å². The molecule has 2 aromatic heterocycles. The lowest BCUT2D eigenvalue weighted by molar-refractivity contribution is -0.141. The highest BCUT2D eigenvalue weighted by molar-refractivity contribution is 7.05. The van der Waals surface area contributed by atoms with Crippen LogP contribution in [0.1, 0.15) is 23.7 Å². The van der Waals surface area contributed by atoms with E-state index in [2.05, 4.69) is 14.3 Å². The molecule has 1 atom stereocenters. The second-order valence-corrected chi connectivity index (χ2v) is 4.46. The highest BCUT2D eigenvalue weighted by atomic mass is 32.1. The Kier molecular flexibility index (Phi) is 3.31. The molecule has 18 heavy (non-hydrogen) atoms. The van der Waals surface area contributed by atoms with E-state index in [1.807, 2.05) is 0 Å². The van der Waals surface area contributed by atoms with Crippen molar-refractivity contribution in [3.8, 4) is 11.4 Å². The fourth-order valence-electron chi connectivity index (χ4n) is 1.26. The SMILES string of the molecule is C[C@H](N)c1nc(-c2ccnc(C(F)(F)F)c2)ns1. The van der Waals surface area contributed by atoms with Crippen molar-refractivity contribution in [3.05, 3.63) is 29.0 Å². The van der Waals surface area contributed by atoms with Gasteiger partial charge in [-0.15, -0.1) is 0 Å². The average molecular weight is 274 g/mol. The van der Waals surface area contributed by atoms with Gasteiger partial charge in [0, 0.05) is 11.8 Å². The number of alkyl halides is 3. The molecule has 0 aliphatic rings. The maximum atomic E-state index is 12.5. The summed E-state index contributed by atoms with van der Waals surface area (Å²) in [7, 11) is 0. The summed E-state index contributed by atoms with van der Waals surface area (Å²) in [4.78, 5) is 7.37. The van der Waals surface area contributed by atoms with Crippen molar-refractivity contribution < 1.29 is 13.2 Å². The van der Waals surface area contributed by atoms with E-state index in [0.717, 1.165) is 23.8 Å². The molecule has 2 N–H and O–H groups in total. The third kappa shape index (κ3) is 2.65. The van der Waals surface area contributed by atoms with E-state index in [9.17, 15) is 13.2 Å². The molecule has 0 fully saturated rings. The van der Waals surface area contributed by atoms with E-state index in [0.29, 0.717) is 5.01 Å². The lowest BCUT2D eigenvalue weighted by Crippen LogP contribution is -2.07. The van der Waals surface area contributed by atoms with Crippen molar-refractivity contribution in [3.63, 3.8) is 0 Å². The Bertz CT molecular complexity index is 550. The largest absolute Gasteiger partial charge is 0.433 e. The summed E-state index contributed by atoms with van der Waals surface area (Å²) in [5, 5.41) is 0.579. The second-order valence-electron chi connectivity index (χ2n) is 3.67. The molecule has 2 aromatic rings. The number of halogens is 3. The van der Waals surface area contributed by atoms with Crippen LogP contribution in [-0.4, -0.2) is 14.3 Å². The van der Waals surface area contributed by atoms with Crippen molar-refractivity contribution in [1.82, 2.24) is 14.3 Å². The molecule has 0 unspecified atom stereocenters. The zero-order valence-electron chi connectivity index (χ0n) is 9.27. The zero-order valence-corrected chi connectivity index (χ0v) is 10.1. The molecule has 2 rings (SSSR count). The Balaban J connectivity index is 2.38. The van der Waals surface area contributed by atoms with Crippen LogP contribution in [0.25, 0.3) is 11.4 Å². The van der Waals surface area contributed by atoms with Crippen LogP contribution >= 0.6 is 11.5 Å². The summed E-state index contributed by atoms with van der Waals surface area (Å²) in [6, 6.07) is 2.06. The summed E-state index contributed by atoms with van der Waals surface area (Å²) in [5.74, 6) is 0.236. The topological polar surface area (TPSA) is 64.7 Å². The Hall–Kier alpha value is -1.54. The van der Waals surface area contributed by atoms with Gasteiger partial charge >= 0.3 is 6.18 Å². The number of rotatable bonds is 2. The molecular weight excluding hydrogens is 265 g/mol. The fourth-order valence-corrected chi connectivity index (χ4v) is 1.88. The molecule has 0 aromatic carbocycles. The van der Waals surface area contributed by atoms with Crippen LogP contribution in [0.2, 0.25) is 0 Å². The van der Waals surface area contributed by atoms with Gasteiger partial charge in [-0.05, 0) is 30.6 Å². The predicted molar refractivity (Wildman–Crippen MR) is 60.7 cm³/mol. The number of hydrogen-bond acceptors (Lipinski definition) is 5. The number of nitrogens with two attached hydrogens (primary N) is 1. The quantitative estimate of drug-likeness (QED) is 0.914. The van der Waals surface area contributed by atoms with E-state index < -0.39 is 11.9 Å². The molecular formula is C10H9F3N4S. The number of pyridine rings is 1. The Morgan fingerprint density at radius 1 is 1.39 bits per heavy atom. The van der Waals surface area contributed by atoms with Crippen LogP contribution < -0.4 is 5.73 Å². The van der Waals surface area contributed by atoms with Crippen molar-refractivity contribution in [2.24, 2.45) is 5.73 Å². The van der Waals surface area contributed by atoms with Crippen LogP contribution in [0.3, 0.4) is 0 Å². The first-order valence-corrected chi connectivity index (χ1v) is 5.78. The van der Waals surface area contributed by atoms with Gasteiger partial charge in [0.25, 0.3) is 0 Å². The van der Waals surface area contributed by atoms with Crippen LogP contribution in [0, 0.1) is 0 Å². The minimum Gasteiger partial charge on any atom is -0.322 e. The number of hydrogen-bond donors (Lipinski definition) is 1. The third-order valence-electron chi connectivity index (χ3n) is 2.14. The van der Waals surface area contributed by atoms with Gasteiger partial charge in [-0.25, -0.2) is 4.98 Å². The molecule has 0 radical (unpaired) electrons. The molecule has 96 valence electrons. The molecule has 2 heterocycles. The lowest BCUT2D eigenvalue weighted by atomic mass is 10.2. The first-order valence-electron chi connectivity index (χ1n) is 5.00. The lowest BCUT2D eigenvalue weighted by Gasteiger charge is -2.05. The summed E-state index contributed by atoms with van der Waals surface area (Å²) in [6.45, 7) is 1.73. The maximum Gasteiger partial charge on any atom is 0.433 e. The number of nitrogens with zero attached hydrogens (tertiary/aromatic N) is 3. The van der Waals surface area contributed by atoms with Gasteiger partial charge in [0.15, 0.2) is 5.82 Å². The average Bonchev–Trinajstić information content (AvgIpc) is 2.77. The van der Waals surface area contributed by atoms with Gasteiger partial charge in [0.05, 0.1) is 6.04 Å². The van der Waals surface area contributed by atoms with Gasteiger partial charge in [-0.1, -0.05) is 0 Å². The van der Waals surface area contributed by atoms with Gasteiger partial charge < -0.3 is 5.73 Å². The monoisotopic (exact) mass is 274 g/mol. The molecule has 0 bridgehead atoms. The van der Waals surface area contributed by atoms with Crippen molar-refractivity contribution >= 4 is 11.5 Å². The summed E-state index contributed by atoms with van der Waals surface area (Å²) < 4.78 is 41.5. The smallest absolute Gasteiger partial charge is 0.322 e. The second kappa shape index (κ2) is 4.62. The van der Waals surface area contributed by atoms with Gasteiger partial charge in [-0.2, -0.15) is 17.5 Å². The van der Waals surface area contributed by atoms with E-state index >= 15 is 0 Å². The highest BCUT2D eigenvalue weighted by Crippen LogP contribution is 2.30. The van der Waals surface area contributed by atoms with E-state index in [1.165, 1.54) is 6.07 Å². The summed E-state index contributed by atoms with van der Waals surface area (Å²) in [6.07, 6.45) is -3.39. The standard InChI is InChI=1S/C10H9F3N4S/c1-5(14)9-16-8(17-18-9)6-2-3-15-7(4-6)10(11,12)13/h2-5H,14H2,1H3/t5-/m0/s1. The molecule has 0 aliphatic heterocycles. The normalized spacial score (nSPS) is 13.6. The highest BCUT2D eigenvalue weighted by Gasteiger charge is 2.32. The fraction of sp³-hybridized carbons (Fsp3) is 0.300. The molecule has 0 spiro atoms. The Morgan fingerprint density at radius 2 is 2.11 bits per heavy atom. The van der Waals surface area contributed by atoms with Gasteiger partial charge in [0.1, 0.15) is 10.7 Å². The third-order valence-corrected chi connectivity index (χ3v) is 3.05. The molecule has 0 amide bonds. The van der Waals surface area contributed by atoms with Crippen LogP contribution in [0.5, 0.6) is 0 Å². The molecule has 4 nitrogen and oxygen atoms in total. The molecule has 0 saturated heterocycles. The van der Waals surface area contributed by atoms with Gasteiger partial charge in [0.2, 0.25) is 0 Å². The van der Waals surface area contributed by atoms with Crippen LogP contribution in [0.4, 0.5) is 13.2 Å². The van der Waals surface area contributed by atoms with Crippen molar-refractivity contribution in [2.75, 3.05) is 0 Å². The summed E-state index contributed by atoms with van der Waals surface area (Å²) >= 11 is 1.08. The minimum atomic E-state index is -4.48. The van der Waals surface area contributed by atoms with Crippen molar-refractivity contribution in [1.29, 1.82) is 0 Å². The van der Waals surface area contributed by atoms with Crippen molar-refractivity contribution in [2.45, 2.75) is 19.1 Å².